The first-order valence-electron chi connectivity index (χ1n) is 2.41. The van der Waals surface area contributed by atoms with E-state index in [1.54, 1.807) is 0 Å². The maximum atomic E-state index is 10.4. The van der Waals surface area contributed by atoms with Crippen LogP contribution < -0.4 is 9.44 Å². The molecular weight excluding hydrogens is 144 g/mol. The van der Waals surface area contributed by atoms with Crippen LogP contribution in [-0.4, -0.2) is 33.7 Å². The SMILES string of the molecule is CNS(=O)(=O)NCCO. The van der Waals surface area contributed by atoms with E-state index in [2.05, 4.69) is 4.72 Å². The monoisotopic (exact) mass is 154 g/mol. The van der Waals surface area contributed by atoms with Gasteiger partial charge in [0.2, 0.25) is 0 Å². The maximum Gasteiger partial charge on any atom is 0.276 e. The van der Waals surface area contributed by atoms with Crippen molar-refractivity contribution in [1.82, 2.24) is 9.44 Å². The van der Waals surface area contributed by atoms with Crippen molar-refractivity contribution in [3.63, 3.8) is 0 Å². The summed E-state index contributed by atoms with van der Waals surface area (Å²) in [5, 5.41) is 8.17. The summed E-state index contributed by atoms with van der Waals surface area (Å²) in [6, 6.07) is 0. The van der Waals surface area contributed by atoms with Crippen LogP contribution in [0.15, 0.2) is 0 Å². The van der Waals surface area contributed by atoms with Crippen molar-refractivity contribution in [2.75, 3.05) is 20.2 Å². The predicted molar refractivity (Wildman–Crippen MR) is 33.1 cm³/mol. The molecule has 0 rings (SSSR count). The zero-order valence-corrected chi connectivity index (χ0v) is 5.90. The van der Waals surface area contributed by atoms with E-state index in [-0.39, 0.29) is 13.2 Å². The molecule has 0 atom stereocenters. The molecule has 0 aliphatic rings. The normalized spacial score (nSPS) is 11.8. The molecule has 0 amide bonds. The Morgan fingerprint density at radius 3 is 2.44 bits per heavy atom. The molecule has 0 unspecified atom stereocenters. The predicted octanol–water partition coefficient (Wildman–Crippen LogP) is -1.97. The van der Waals surface area contributed by atoms with Gasteiger partial charge in [-0.15, -0.1) is 0 Å². The smallest absolute Gasteiger partial charge is 0.276 e. The molecule has 3 N–H and O–H groups in total. The van der Waals surface area contributed by atoms with Gasteiger partial charge in [0.25, 0.3) is 10.2 Å². The van der Waals surface area contributed by atoms with E-state index in [9.17, 15) is 8.42 Å². The van der Waals surface area contributed by atoms with Crippen LogP contribution in [0.3, 0.4) is 0 Å². The van der Waals surface area contributed by atoms with E-state index in [0.717, 1.165) is 0 Å². The average molecular weight is 154 g/mol. The van der Waals surface area contributed by atoms with Gasteiger partial charge in [0, 0.05) is 13.6 Å². The third-order valence-electron chi connectivity index (χ3n) is 0.673. The molecule has 56 valence electrons. The van der Waals surface area contributed by atoms with Gasteiger partial charge in [-0.05, 0) is 0 Å². The molecule has 0 saturated carbocycles. The number of aliphatic hydroxyl groups excluding tert-OH is 1. The Hall–Kier alpha value is -0.170. The second kappa shape index (κ2) is 3.78. The fourth-order valence-corrected chi connectivity index (χ4v) is 0.757. The van der Waals surface area contributed by atoms with E-state index in [1.807, 2.05) is 4.72 Å². The van der Waals surface area contributed by atoms with Crippen molar-refractivity contribution in [3.8, 4) is 0 Å². The lowest BCUT2D eigenvalue weighted by Gasteiger charge is -2.00. The lowest BCUT2D eigenvalue weighted by molar-refractivity contribution is 0.300. The molecular formula is C3H10N2O3S. The minimum absolute atomic E-state index is 0.0448. The van der Waals surface area contributed by atoms with Crippen molar-refractivity contribution in [2.24, 2.45) is 0 Å². The van der Waals surface area contributed by atoms with Crippen LogP contribution in [0, 0.1) is 0 Å². The largest absolute Gasteiger partial charge is 0.395 e. The zero-order chi connectivity index (χ0) is 7.33. The van der Waals surface area contributed by atoms with Gasteiger partial charge in [0.1, 0.15) is 0 Å². The van der Waals surface area contributed by atoms with E-state index in [1.165, 1.54) is 7.05 Å². The van der Waals surface area contributed by atoms with E-state index in [0.29, 0.717) is 0 Å². The maximum absolute atomic E-state index is 10.4. The third-order valence-corrected chi connectivity index (χ3v) is 1.79. The minimum Gasteiger partial charge on any atom is -0.395 e. The van der Waals surface area contributed by atoms with Crippen LogP contribution in [-0.2, 0) is 10.2 Å². The number of nitrogens with one attached hydrogen (secondary N) is 2. The summed E-state index contributed by atoms with van der Waals surface area (Å²) in [6.07, 6.45) is 0. The molecule has 0 aromatic carbocycles. The average Bonchev–Trinajstić information content (AvgIpc) is 1.84. The Bertz CT molecular complexity index is 152. The van der Waals surface area contributed by atoms with Crippen LogP contribution >= 0.6 is 0 Å². The van der Waals surface area contributed by atoms with Gasteiger partial charge in [0.05, 0.1) is 6.61 Å². The zero-order valence-electron chi connectivity index (χ0n) is 5.09. The first kappa shape index (κ1) is 8.83. The highest BCUT2D eigenvalue weighted by atomic mass is 32.2. The van der Waals surface area contributed by atoms with Gasteiger partial charge >= 0.3 is 0 Å². The summed E-state index contributed by atoms with van der Waals surface area (Å²) in [5.74, 6) is 0. The third kappa shape index (κ3) is 4.34. The molecule has 0 spiro atoms. The Morgan fingerprint density at radius 2 is 2.11 bits per heavy atom. The van der Waals surface area contributed by atoms with Crippen molar-refractivity contribution in [1.29, 1.82) is 0 Å². The molecule has 0 radical (unpaired) electrons. The van der Waals surface area contributed by atoms with Crippen molar-refractivity contribution in [3.05, 3.63) is 0 Å². The van der Waals surface area contributed by atoms with Crippen LogP contribution in [0.25, 0.3) is 0 Å². The van der Waals surface area contributed by atoms with Gasteiger partial charge in [-0.2, -0.15) is 8.42 Å². The first-order valence-corrected chi connectivity index (χ1v) is 3.89. The van der Waals surface area contributed by atoms with Crippen LogP contribution in [0.5, 0.6) is 0 Å². The summed E-state index contributed by atoms with van der Waals surface area (Å²) in [5.41, 5.74) is 0. The molecule has 5 nitrogen and oxygen atoms in total. The van der Waals surface area contributed by atoms with E-state index in [4.69, 9.17) is 5.11 Å². The van der Waals surface area contributed by atoms with Gasteiger partial charge in [0.15, 0.2) is 0 Å². The Labute approximate surface area is 54.3 Å². The minimum atomic E-state index is -3.34. The number of hydrogen-bond acceptors (Lipinski definition) is 3. The summed E-state index contributed by atoms with van der Waals surface area (Å²) in [4.78, 5) is 0. The van der Waals surface area contributed by atoms with Gasteiger partial charge in [-0.1, -0.05) is 0 Å². The molecule has 9 heavy (non-hydrogen) atoms. The molecule has 0 bridgehead atoms. The highest BCUT2D eigenvalue weighted by Crippen LogP contribution is 1.69. The second-order valence-corrected chi connectivity index (χ2v) is 3.03. The fraction of sp³-hybridized carbons (Fsp3) is 1.00. The summed E-state index contributed by atoms with van der Waals surface area (Å²) in [7, 11) is -2.05. The number of aliphatic hydroxyl groups is 1. The van der Waals surface area contributed by atoms with Crippen molar-refractivity contribution >= 4 is 10.2 Å². The Kier molecular flexibility index (Phi) is 3.71. The molecule has 0 aromatic heterocycles. The molecule has 0 fully saturated rings. The van der Waals surface area contributed by atoms with Crippen LogP contribution in [0.2, 0.25) is 0 Å². The topological polar surface area (TPSA) is 78.4 Å². The number of rotatable bonds is 4. The first-order chi connectivity index (χ1) is 4.12. The fourth-order valence-electron chi connectivity index (χ4n) is 0.252. The van der Waals surface area contributed by atoms with Crippen molar-refractivity contribution < 1.29 is 13.5 Å². The molecule has 0 aliphatic heterocycles. The molecule has 0 aromatic rings. The van der Waals surface area contributed by atoms with Gasteiger partial charge in [-0.3, -0.25) is 0 Å². The lowest BCUT2D eigenvalue weighted by Crippen LogP contribution is -2.35. The summed E-state index contributed by atoms with van der Waals surface area (Å²) < 4.78 is 24.9. The van der Waals surface area contributed by atoms with Gasteiger partial charge in [-0.25, -0.2) is 9.44 Å². The van der Waals surface area contributed by atoms with E-state index >= 15 is 0 Å². The molecule has 6 heteroatoms. The highest BCUT2D eigenvalue weighted by Gasteiger charge is 2.01. The lowest BCUT2D eigenvalue weighted by atomic mass is 10.8. The molecule has 0 saturated heterocycles. The standard InChI is InChI=1S/C3H10N2O3S/c1-4-9(7,8)5-2-3-6/h4-6H,2-3H2,1H3. The number of hydrogen-bond donors (Lipinski definition) is 3. The van der Waals surface area contributed by atoms with Crippen molar-refractivity contribution in [2.45, 2.75) is 0 Å². The summed E-state index contributed by atoms with van der Waals surface area (Å²) >= 11 is 0. The van der Waals surface area contributed by atoms with Crippen LogP contribution in [0.1, 0.15) is 0 Å². The molecule has 0 heterocycles. The second-order valence-electron chi connectivity index (χ2n) is 1.33. The van der Waals surface area contributed by atoms with Crippen LogP contribution in [0.4, 0.5) is 0 Å². The quantitative estimate of drug-likeness (QED) is 0.439. The van der Waals surface area contributed by atoms with Gasteiger partial charge < -0.3 is 5.11 Å². The highest BCUT2D eigenvalue weighted by molar-refractivity contribution is 7.87. The Morgan fingerprint density at radius 1 is 1.56 bits per heavy atom. The molecule has 0 aliphatic carbocycles. The van der Waals surface area contributed by atoms with E-state index < -0.39 is 10.2 Å². The summed E-state index contributed by atoms with van der Waals surface area (Å²) in [6.45, 7) is -0.149. The Balaban J connectivity index is 3.61.